The van der Waals surface area contributed by atoms with E-state index in [1.54, 1.807) is 25.2 Å². The van der Waals surface area contributed by atoms with Crippen LogP contribution < -0.4 is 5.32 Å². The number of hydrogen-bond acceptors (Lipinski definition) is 1. The van der Waals surface area contributed by atoms with Crippen LogP contribution in [0.15, 0.2) is 36.4 Å². The summed E-state index contributed by atoms with van der Waals surface area (Å²) in [6.45, 7) is 0. The SMILES string of the molecule is CNC(c1cc(F)cc(F)c1)c1cc(Cl)ccc1Cl. The molecule has 0 bridgehead atoms. The first-order valence-electron chi connectivity index (χ1n) is 5.59. The van der Waals surface area contributed by atoms with E-state index in [4.69, 9.17) is 23.2 Å². The van der Waals surface area contributed by atoms with E-state index in [0.717, 1.165) is 6.07 Å². The molecule has 1 unspecified atom stereocenters. The van der Waals surface area contributed by atoms with E-state index in [1.165, 1.54) is 12.1 Å². The lowest BCUT2D eigenvalue weighted by molar-refractivity contribution is 0.571. The molecule has 0 aliphatic heterocycles. The Hall–Kier alpha value is -1.16. The molecule has 0 saturated carbocycles. The molecule has 1 N–H and O–H groups in total. The first-order valence-corrected chi connectivity index (χ1v) is 6.35. The summed E-state index contributed by atoms with van der Waals surface area (Å²) in [5.74, 6) is -1.26. The van der Waals surface area contributed by atoms with Crippen molar-refractivity contribution >= 4 is 23.2 Å². The fourth-order valence-electron chi connectivity index (χ4n) is 1.98. The summed E-state index contributed by atoms with van der Waals surface area (Å²) in [5, 5.41) is 3.97. The lowest BCUT2D eigenvalue weighted by atomic mass is 9.98. The number of nitrogens with one attached hydrogen (secondary N) is 1. The van der Waals surface area contributed by atoms with Crippen molar-refractivity contribution < 1.29 is 8.78 Å². The van der Waals surface area contributed by atoms with E-state index >= 15 is 0 Å². The van der Waals surface area contributed by atoms with Crippen molar-refractivity contribution in [2.45, 2.75) is 6.04 Å². The summed E-state index contributed by atoms with van der Waals surface area (Å²) in [6, 6.07) is 7.91. The van der Waals surface area contributed by atoms with E-state index in [0.29, 0.717) is 21.2 Å². The summed E-state index contributed by atoms with van der Waals surface area (Å²) in [6.07, 6.45) is 0. The van der Waals surface area contributed by atoms with Gasteiger partial charge in [-0.25, -0.2) is 8.78 Å². The van der Waals surface area contributed by atoms with E-state index < -0.39 is 17.7 Å². The highest BCUT2D eigenvalue weighted by Crippen LogP contribution is 2.31. The first kappa shape index (κ1) is 14.3. The van der Waals surface area contributed by atoms with E-state index in [-0.39, 0.29) is 0 Å². The fourth-order valence-corrected chi connectivity index (χ4v) is 2.39. The third kappa shape index (κ3) is 3.24. The van der Waals surface area contributed by atoms with Crippen molar-refractivity contribution in [2.75, 3.05) is 7.05 Å². The van der Waals surface area contributed by atoms with Crippen LogP contribution in [0.5, 0.6) is 0 Å². The zero-order valence-corrected chi connectivity index (χ0v) is 11.6. The molecular formula is C14H11Cl2F2N. The number of hydrogen-bond donors (Lipinski definition) is 1. The Bertz CT molecular complexity index is 582. The Morgan fingerprint density at radius 2 is 1.63 bits per heavy atom. The maximum absolute atomic E-state index is 13.3. The van der Waals surface area contributed by atoms with Crippen LogP contribution >= 0.6 is 23.2 Å². The van der Waals surface area contributed by atoms with Gasteiger partial charge in [-0.15, -0.1) is 0 Å². The second-order valence-corrected chi connectivity index (χ2v) is 4.93. The Balaban J connectivity index is 2.52. The normalized spacial score (nSPS) is 12.5. The van der Waals surface area contributed by atoms with Crippen molar-refractivity contribution in [3.8, 4) is 0 Å². The molecule has 0 aliphatic carbocycles. The van der Waals surface area contributed by atoms with Gasteiger partial charge in [0.25, 0.3) is 0 Å². The highest BCUT2D eigenvalue weighted by Gasteiger charge is 2.17. The molecule has 1 nitrogen and oxygen atoms in total. The quantitative estimate of drug-likeness (QED) is 0.875. The second kappa shape index (κ2) is 5.87. The predicted molar refractivity (Wildman–Crippen MR) is 73.7 cm³/mol. The van der Waals surface area contributed by atoms with Gasteiger partial charge in [0, 0.05) is 16.1 Å². The van der Waals surface area contributed by atoms with E-state index in [9.17, 15) is 8.78 Å². The Labute approximate surface area is 120 Å². The summed E-state index contributed by atoms with van der Waals surface area (Å²) >= 11 is 12.0. The Morgan fingerprint density at radius 3 is 2.21 bits per heavy atom. The van der Waals surface area contributed by atoms with Crippen LogP contribution in [-0.2, 0) is 0 Å². The average Bonchev–Trinajstić information content (AvgIpc) is 2.33. The maximum Gasteiger partial charge on any atom is 0.126 e. The predicted octanol–water partition coefficient (Wildman–Crippen LogP) is 4.58. The second-order valence-electron chi connectivity index (χ2n) is 4.09. The number of halogens is 4. The minimum Gasteiger partial charge on any atom is -0.309 e. The molecule has 0 radical (unpaired) electrons. The molecular weight excluding hydrogens is 291 g/mol. The van der Waals surface area contributed by atoms with E-state index in [2.05, 4.69) is 5.32 Å². The molecule has 100 valence electrons. The van der Waals surface area contributed by atoms with Crippen LogP contribution in [0.3, 0.4) is 0 Å². The van der Waals surface area contributed by atoms with Gasteiger partial charge in [0.15, 0.2) is 0 Å². The summed E-state index contributed by atoms with van der Waals surface area (Å²) < 4.78 is 26.6. The molecule has 1 atom stereocenters. The monoisotopic (exact) mass is 301 g/mol. The maximum atomic E-state index is 13.3. The zero-order valence-electron chi connectivity index (χ0n) is 10.1. The molecule has 2 rings (SSSR count). The lowest BCUT2D eigenvalue weighted by Crippen LogP contribution is -2.18. The molecule has 0 amide bonds. The van der Waals surface area contributed by atoms with Crippen LogP contribution in [0.25, 0.3) is 0 Å². The van der Waals surface area contributed by atoms with Crippen LogP contribution in [-0.4, -0.2) is 7.05 Å². The molecule has 0 aromatic heterocycles. The van der Waals surface area contributed by atoms with Gasteiger partial charge in [0.2, 0.25) is 0 Å². The van der Waals surface area contributed by atoms with Gasteiger partial charge in [-0.2, -0.15) is 0 Å². The zero-order chi connectivity index (χ0) is 14.0. The number of benzene rings is 2. The fraction of sp³-hybridized carbons (Fsp3) is 0.143. The van der Waals surface area contributed by atoms with Crippen molar-refractivity contribution in [2.24, 2.45) is 0 Å². The van der Waals surface area contributed by atoms with Gasteiger partial charge in [-0.05, 0) is 48.5 Å². The smallest absolute Gasteiger partial charge is 0.126 e. The molecule has 0 spiro atoms. The lowest BCUT2D eigenvalue weighted by Gasteiger charge is -2.19. The summed E-state index contributed by atoms with van der Waals surface area (Å²) in [4.78, 5) is 0. The Morgan fingerprint density at radius 1 is 1.00 bits per heavy atom. The average molecular weight is 302 g/mol. The van der Waals surface area contributed by atoms with Crippen molar-refractivity contribution in [3.05, 3.63) is 69.2 Å². The highest BCUT2D eigenvalue weighted by atomic mass is 35.5. The highest BCUT2D eigenvalue weighted by molar-refractivity contribution is 6.33. The topological polar surface area (TPSA) is 12.0 Å². The molecule has 0 fully saturated rings. The summed E-state index contributed by atoms with van der Waals surface area (Å²) in [7, 11) is 1.69. The van der Waals surface area contributed by atoms with Gasteiger partial charge in [-0.3, -0.25) is 0 Å². The van der Waals surface area contributed by atoms with Crippen LogP contribution in [0.1, 0.15) is 17.2 Å². The molecule has 2 aromatic carbocycles. The third-order valence-electron chi connectivity index (χ3n) is 2.78. The minimum atomic E-state index is -0.631. The van der Waals surface area contributed by atoms with Crippen LogP contribution in [0.2, 0.25) is 10.0 Å². The Kier molecular flexibility index (Phi) is 4.40. The molecule has 0 aliphatic rings. The van der Waals surface area contributed by atoms with Crippen molar-refractivity contribution in [1.29, 1.82) is 0 Å². The van der Waals surface area contributed by atoms with Gasteiger partial charge in [0.05, 0.1) is 6.04 Å². The van der Waals surface area contributed by atoms with Gasteiger partial charge < -0.3 is 5.32 Å². The van der Waals surface area contributed by atoms with Crippen molar-refractivity contribution in [3.63, 3.8) is 0 Å². The molecule has 0 saturated heterocycles. The van der Waals surface area contributed by atoms with Crippen molar-refractivity contribution in [1.82, 2.24) is 5.32 Å². The molecule has 0 heterocycles. The van der Waals surface area contributed by atoms with Crippen LogP contribution in [0, 0.1) is 11.6 Å². The standard InChI is InChI=1S/C14H11Cl2F2N/c1-19-14(8-4-10(17)7-11(18)5-8)12-6-9(15)2-3-13(12)16/h2-7,14,19H,1H3. The molecule has 2 aromatic rings. The first-order chi connectivity index (χ1) is 9.01. The number of rotatable bonds is 3. The molecule has 19 heavy (non-hydrogen) atoms. The van der Waals surface area contributed by atoms with Gasteiger partial charge >= 0.3 is 0 Å². The van der Waals surface area contributed by atoms with Gasteiger partial charge in [0.1, 0.15) is 11.6 Å². The minimum absolute atomic E-state index is 0.434. The largest absolute Gasteiger partial charge is 0.309 e. The van der Waals surface area contributed by atoms with Crippen LogP contribution in [0.4, 0.5) is 8.78 Å². The van der Waals surface area contributed by atoms with E-state index in [1.807, 2.05) is 0 Å². The summed E-state index contributed by atoms with van der Waals surface area (Å²) in [5.41, 5.74) is 1.12. The molecule has 5 heteroatoms. The van der Waals surface area contributed by atoms with Gasteiger partial charge in [-0.1, -0.05) is 23.2 Å². The third-order valence-corrected chi connectivity index (χ3v) is 3.36.